The number of halogens is 2. The van der Waals surface area contributed by atoms with Gasteiger partial charge in [0.1, 0.15) is 5.75 Å². The van der Waals surface area contributed by atoms with Crippen LogP contribution in [0.1, 0.15) is 0 Å². The fourth-order valence-electron chi connectivity index (χ4n) is 0.811. The Morgan fingerprint density at radius 2 is 2.00 bits per heavy atom. The third-order valence-electron chi connectivity index (χ3n) is 1.41. The van der Waals surface area contributed by atoms with Crippen molar-refractivity contribution in [2.24, 2.45) is 0 Å². The van der Waals surface area contributed by atoms with E-state index in [9.17, 15) is 0 Å². The first-order chi connectivity index (χ1) is 5.99. The van der Waals surface area contributed by atoms with Gasteiger partial charge < -0.3 is 4.74 Å². The molecule has 1 rings (SSSR count). The summed E-state index contributed by atoms with van der Waals surface area (Å²) in [5.74, 6) is 0.865. The van der Waals surface area contributed by atoms with Crippen LogP contribution in [0.3, 0.4) is 0 Å². The van der Waals surface area contributed by atoms with Crippen molar-refractivity contribution in [3.05, 3.63) is 28.7 Å². The summed E-state index contributed by atoms with van der Waals surface area (Å²) in [5, 5.41) is 0. The van der Waals surface area contributed by atoms with Gasteiger partial charge in [0, 0.05) is 0 Å². The van der Waals surface area contributed by atoms with Crippen molar-refractivity contribution in [1.82, 2.24) is 0 Å². The molecule has 4 heteroatoms. The van der Waals surface area contributed by atoms with Gasteiger partial charge in [0.25, 0.3) is 0 Å². The molecule has 0 heterocycles. The lowest BCUT2D eigenvalue weighted by Gasteiger charge is -2.14. The second-order valence-electron chi connectivity index (χ2n) is 3.44. The summed E-state index contributed by atoms with van der Waals surface area (Å²) in [4.78, 5) is 0. The van der Waals surface area contributed by atoms with E-state index in [1.165, 1.54) is 0 Å². The van der Waals surface area contributed by atoms with E-state index in [0.29, 0.717) is 6.23 Å². The summed E-state index contributed by atoms with van der Waals surface area (Å²) in [6, 6.07) is 7.79. The molecule has 0 fully saturated rings. The first-order valence-electron chi connectivity index (χ1n) is 4.05. The third kappa shape index (κ3) is 4.16. The van der Waals surface area contributed by atoms with Gasteiger partial charge in [-0.25, -0.2) is 0 Å². The predicted octanol–water partition coefficient (Wildman–Crippen LogP) is 3.81. The average molecular weight is 280 g/mol. The van der Waals surface area contributed by atoms with E-state index < -0.39 is 7.38 Å². The topological polar surface area (TPSA) is 9.23 Å². The Morgan fingerprint density at radius 1 is 1.38 bits per heavy atom. The zero-order valence-corrected chi connectivity index (χ0v) is 11.0. The summed E-state index contributed by atoms with van der Waals surface area (Å²) in [6.45, 7) is 4.12. The van der Waals surface area contributed by atoms with Crippen molar-refractivity contribution in [2.45, 2.75) is 13.1 Å². The first kappa shape index (κ1) is 11.1. The molecule has 0 aliphatic rings. The minimum atomic E-state index is -1.63. The molecule has 0 amide bonds. The van der Waals surface area contributed by atoms with E-state index in [4.69, 9.17) is 15.8 Å². The van der Waals surface area contributed by atoms with Crippen molar-refractivity contribution in [1.29, 1.82) is 0 Å². The fourth-order valence-corrected chi connectivity index (χ4v) is 1.87. The van der Waals surface area contributed by atoms with Gasteiger partial charge in [-0.2, -0.15) is 11.1 Å². The van der Waals surface area contributed by atoms with Gasteiger partial charge >= 0.3 is 0 Å². The Labute approximate surface area is 92.9 Å². The highest BCUT2D eigenvalue weighted by Gasteiger charge is 2.18. The monoisotopic (exact) mass is 278 g/mol. The minimum absolute atomic E-state index is 0.636. The second-order valence-corrected chi connectivity index (χ2v) is 11.1. The molecule has 0 N–H and O–H groups in total. The van der Waals surface area contributed by atoms with Crippen molar-refractivity contribution >= 4 is 34.4 Å². The van der Waals surface area contributed by atoms with E-state index in [2.05, 4.69) is 29.0 Å². The molecule has 1 aromatic carbocycles. The van der Waals surface area contributed by atoms with Gasteiger partial charge in [0.05, 0.1) is 10.7 Å². The summed E-state index contributed by atoms with van der Waals surface area (Å²) >= 11 is 9.55. The number of ether oxygens (including phenoxy) is 1. The summed E-state index contributed by atoms with van der Waals surface area (Å²) in [5.41, 5.74) is 0. The Hall–Kier alpha value is 0.00688. The zero-order valence-electron chi connectivity index (χ0n) is 7.68. The third-order valence-corrected chi connectivity index (χ3v) is 3.22. The molecular formula is C9H12BrClOSi. The van der Waals surface area contributed by atoms with Crippen molar-refractivity contribution in [2.75, 3.05) is 6.23 Å². The van der Waals surface area contributed by atoms with E-state index in [0.717, 1.165) is 10.2 Å². The van der Waals surface area contributed by atoms with Gasteiger partial charge in [-0.1, -0.05) is 25.2 Å². The molecule has 0 aromatic heterocycles. The van der Waals surface area contributed by atoms with Crippen molar-refractivity contribution < 1.29 is 4.74 Å². The van der Waals surface area contributed by atoms with Gasteiger partial charge in [0.15, 0.2) is 7.38 Å². The smallest absolute Gasteiger partial charge is 0.190 e. The molecule has 1 aromatic rings. The van der Waals surface area contributed by atoms with E-state index in [1.807, 2.05) is 24.3 Å². The maximum atomic E-state index is 6.13. The lowest BCUT2D eigenvalue weighted by atomic mass is 10.3. The molecule has 0 bridgehead atoms. The standard InChI is InChI=1S/C9H12BrClOSi/c1-13(2,11)7-12-9-6-4-3-5-8(9)10/h3-6H,7H2,1-2H3. The predicted molar refractivity (Wildman–Crippen MR) is 63.0 cm³/mol. The van der Waals surface area contributed by atoms with Gasteiger partial charge in [-0.15, -0.1) is 0 Å². The zero-order chi connectivity index (χ0) is 9.90. The van der Waals surface area contributed by atoms with Crippen LogP contribution in [0.4, 0.5) is 0 Å². The van der Waals surface area contributed by atoms with Crippen LogP contribution in [0.5, 0.6) is 5.75 Å². The van der Waals surface area contributed by atoms with E-state index >= 15 is 0 Å². The summed E-state index contributed by atoms with van der Waals surface area (Å²) in [6.07, 6.45) is 0.636. The normalized spacial score (nSPS) is 11.4. The van der Waals surface area contributed by atoms with Crippen LogP contribution in [0.25, 0.3) is 0 Å². The number of para-hydroxylation sites is 1. The average Bonchev–Trinajstić information content (AvgIpc) is 2.01. The molecule has 0 radical (unpaired) electrons. The molecule has 0 aliphatic carbocycles. The van der Waals surface area contributed by atoms with Crippen LogP contribution in [-0.4, -0.2) is 13.6 Å². The molecule has 1 nitrogen and oxygen atoms in total. The van der Waals surface area contributed by atoms with Gasteiger partial charge in [0.2, 0.25) is 0 Å². The molecule has 0 spiro atoms. The molecule has 0 unspecified atom stereocenters. The maximum absolute atomic E-state index is 6.13. The van der Waals surface area contributed by atoms with Crippen LogP contribution in [0.2, 0.25) is 13.1 Å². The molecule has 13 heavy (non-hydrogen) atoms. The van der Waals surface area contributed by atoms with Crippen LogP contribution >= 0.6 is 27.0 Å². The van der Waals surface area contributed by atoms with Crippen molar-refractivity contribution in [3.63, 3.8) is 0 Å². The first-order valence-corrected chi connectivity index (χ1v) is 9.06. The molecule has 0 saturated carbocycles. The quantitative estimate of drug-likeness (QED) is 0.604. The number of rotatable bonds is 3. The molecule has 0 atom stereocenters. The largest absolute Gasteiger partial charge is 0.494 e. The number of hydrogen-bond donors (Lipinski definition) is 0. The molecule has 0 saturated heterocycles. The Kier molecular flexibility index (Phi) is 3.82. The molecule has 0 aliphatic heterocycles. The highest BCUT2D eigenvalue weighted by molar-refractivity contribution is 9.10. The van der Waals surface area contributed by atoms with Crippen LogP contribution in [-0.2, 0) is 0 Å². The Bertz CT molecular complexity index is 285. The van der Waals surface area contributed by atoms with Crippen LogP contribution < -0.4 is 4.74 Å². The van der Waals surface area contributed by atoms with Gasteiger partial charge in [-0.3, -0.25) is 0 Å². The number of benzene rings is 1. The maximum Gasteiger partial charge on any atom is 0.190 e. The Morgan fingerprint density at radius 3 is 2.54 bits per heavy atom. The minimum Gasteiger partial charge on any atom is -0.494 e. The van der Waals surface area contributed by atoms with Crippen molar-refractivity contribution in [3.8, 4) is 5.75 Å². The summed E-state index contributed by atoms with van der Waals surface area (Å²) < 4.78 is 6.56. The highest BCUT2D eigenvalue weighted by Crippen LogP contribution is 2.24. The lowest BCUT2D eigenvalue weighted by Crippen LogP contribution is -2.27. The van der Waals surface area contributed by atoms with E-state index in [1.54, 1.807) is 0 Å². The fraction of sp³-hybridized carbons (Fsp3) is 0.333. The second kappa shape index (κ2) is 4.49. The van der Waals surface area contributed by atoms with Crippen LogP contribution in [0, 0.1) is 0 Å². The highest BCUT2D eigenvalue weighted by atomic mass is 79.9. The lowest BCUT2D eigenvalue weighted by molar-refractivity contribution is 0.378. The molecule has 72 valence electrons. The van der Waals surface area contributed by atoms with Crippen LogP contribution in [0.15, 0.2) is 28.7 Å². The molecular weight excluding hydrogens is 268 g/mol. The number of hydrogen-bond acceptors (Lipinski definition) is 1. The van der Waals surface area contributed by atoms with Gasteiger partial charge in [-0.05, 0) is 28.1 Å². The Balaban J connectivity index is 2.60. The summed E-state index contributed by atoms with van der Waals surface area (Å²) in [7, 11) is -1.63. The SMILES string of the molecule is C[Si](C)(Cl)COc1ccccc1Br. The van der Waals surface area contributed by atoms with E-state index in [-0.39, 0.29) is 0 Å².